The number of nitriles is 1. The first-order valence-electron chi connectivity index (χ1n) is 7.71. The van der Waals surface area contributed by atoms with Gasteiger partial charge in [-0.15, -0.1) is 10.2 Å². The van der Waals surface area contributed by atoms with Crippen molar-refractivity contribution in [1.82, 2.24) is 25.0 Å². The molecule has 1 atom stereocenters. The molecule has 0 spiro atoms. The van der Waals surface area contributed by atoms with Gasteiger partial charge in [-0.05, 0) is 32.3 Å². The minimum Gasteiger partial charge on any atom is -0.363 e. The maximum Gasteiger partial charge on any atom is 0.288 e. The molecular formula is C15H18N8O. The van der Waals surface area contributed by atoms with Gasteiger partial charge in [0.15, 0.2) is 5.82 Å². The summed E-state index contributed by atoms with van der Waals surface area (Å²) in [7, 11) is 0. The van der Waals surface area contributed by atoms with E-state index in [1.165, 1.54) is 6.33 Å². The number of anilines is 1. The second-order valence-electron chi connectivity index (χ2n) is 5.88. The fourth-order valence-electron chi connectivity index (χ4n) is 2.88. The SMILES string of the molecule is Cc1nnc(N2CCC[C@@H](n3cnc(C(N)=O)n3)C2)c(C#N)c1C. The molecule has 0 aliphatic carbocycles. The third kappa shape index (κ3) is 2.78. The van der Waals surface area contributed by atoms with Crippen LogP contribution < -0.4 is 10.6 Å². The molecule has 9 heteroatoms. The van der Waals surface area contributed by atoms with Crippen LogP contribution in [0.2, 0.25) is 0 Å². The highest BCUT2D eigenvalue weighted by Crippen LogP contribution is 2.28. The van der Waals surface area contributed by atoms with Crippen molar-refractivity contribution in [3.8, 4) is 6.07 Å². The smallest absolute Gasteiger partial charge is 0.288 e. The van der Waals surface area contributed by atoms with Gasteiger partial charge in [0.25, 0.3) is 5.91 Å². The summed E-state index contributed by atoms with van der Waals surface area (Å²) in [6.45, 7) is 5.13. The molecule has 24 heavy (non-hydrogen) atoms. The van der Waals surface area contributed by atoms with Gasteiger partial charge in [0.2, 0.25) is 5.82 Å². The molecule has 3 rings (SSSR count). The highest BCUT2D eigenvalue weighted by Gasteiger charge is 2.26. The summed E-state index contributed by atoms with van der Waals surface area (Å²) in [5.74, 6) is -0.0374. The number of hydrogen-bond acceptors (Lipinski definition) is 7. The number of nitrogens with zero attached hydrogens (tertiary/aromatic N) is 7. The topological polar surface area (TPSA) is 127 Å². The van der Waals surface area contributed by atoms with Gasteiger partial charge < -0.3 is 10.6 Å². The van der Waals surface area contributed by atoms with Gasteiger partial charge >= 0.3 is 0 Å². The van der Waals surface area contributed by atoms with E-state index < -0.39 is 5.91 Å². The molecule has 0 aromatic carbocycles. The minimum absolute atomic E-state index is 0.0100. The number of nitrogens with two attached hydrogens (primary N) is 1. The molecule has 2 aromatic heterocycles. The summed E-state index contributed by atoms with van der Waals surface area (Å²) in [6, 6.07) is 2.27. The van der Waals surface area contributed by atoms with E-state index in [9.17, 15) is 10.1 Å². The van der Waals surface area contributed by atoms with Crippen LogP contribution in [0.15, 0.2) is 6.33 Å². The zero-order valence-corrected chi connectivity index (χ0v) is 13.6. The number of carbonyl (C=O) groups is 1. The van der Waals surface area contributed by atoms with Crippen LogP contribution >= 0.6 is 0 Å². The van der Waals surface area contributed by atoms with Crippen LogP contribution in [0.1, 0.15) is 46.3 Å². The maximum atomic E-state index is 11.2. The van der Waals surface area contributed by atoms with E-state index in [1.54, 1.807) is 4.68 Å². The van der Waals surface area contributed by atoms with Gasteiger partial charge in [0.05, 0.1) is 11.7 Å². The Hall–Kier alpha value is -3.02. The zero-order valence-electron chi connectivity index (χ0n) is 13.6. The second kappa shape index (κ2) is 6.23. The number of rotatable bonds is 3. The summed E-state index contributed by atoms with van der Waals surface area (Å²) < 4.78 is 1.66. The Balaban J connectivity index is 1.87. The first-order valence-corrected chi connectivity index (χ1v) is 7.71. The fourth-order valence-corrected chi connectivity index (χ4v) is 2.88. The van der Waals surface area contributed by atoms with E-state index in [0.717, 1.165) is 30.6 Å². The highest BCUT2D eigenvalue weighted by molar-refractivity contribution is 5.88. The molecule has 0 radical (unpaired) electrons. The number of aromatic nitrogens is 5. The monoisotopic (exact) mass is 326 g/mol. The Kier molecular flexibility index (Phi) is 4.12. The van der Waals surface area contributed by atoms with Crippen molar-refractivity contribution in [3.05, 3.63) is 29.0 Å². The molecule has 0 bridgehead atoms. The van der Waals surface area contributed by atoms with Gasteiger partial charge in [0, 0.05) is 13.1 Å². The summed E-state index contributed by atoms with van der Waals surface area (Å²) in [4.78, 5) is 17.1. The Labute approximate surface area is 139 Å². The number of primary amides is 1. The molecule has 1 aliphatic rings. The van der Waals surface area contributed by atoms with E-state index in [4.69, 9.17) is 5.73 Å². The predicted molar refractivity (Wildman–Crippen MR) is 85.2 cm³/mol. The molecule has 1 amide bonds. The lowest BCUT2D eigenvalue weighted by molar-refractivity contribution is 0.0990. The van der Waals surface area contributed by atoms with Crippen molar-refractivity contribution >= 4 is 11.7 Å². The Morgan fingerprint density at radius 2 is 2.21 bits per heavy atom. The summed E-state index contributed by atoms with van der Waals surface area (Å²) in [5, 5.41) is 22.0. The Morgan fingerprint density at radius 3 is 2.88 bits per heavy atom. The molecule has 1 aliphatic heterocycles. The van der Waals surface area contributed by atoms with Crippen molar-refractivity contribution in [1.29, 1.82) is 5.26 Å². The molecule has 1 saturated heterocycles. The van der Waals surface area contributed by atoms with Gasteiger partial charge in [0.1, 0.15) is 18.0 Å². The van der Waals surface area contributed by atoms with Crippen molar-refractivity contribution in [2.24, 2.45) is 5.73 Å². The number of piperidine rings is 1. The lowest BCUT2D eigenvalue weighted by Gasteiger charge is -2.33. The summed E-state index contributed by atoms with van der Waals surface area (Å²) in [5.41, 5.74) is 7.36. The largest absolute Gasteiger partial charge is 0.363 e. The van der Waals surface area contributed by atoms with Gasteiger partial charge in [-0.1, -0.05) is 0 Å². The second-order valence-corrected chi connectivity index (χ2v) is 5.88. The first kappa shape index (κ1) is 15.9. The van der Waals surface area contributed by atoms with Crippen molar-refractivity contribution in [2.75, 3.05) is 18.0 Å². The highest BCUT2D eigenvalue weighted by atomic mass is 16.1. The van der Waals surface area contributed by atoms with Crippen LogP contribution in [-0.4, -0.2) is 44.0 Å². The van der Waals surface area contributed by atoms with Crippen LogP contribution in [0.4, 0.5) is 5.82 Å². The van der Waals surface area contributed by atoms with Gasteiger partial charge in [-0.2, -0.15) is 10.4 Å². The number of hydrogen-bond donors (Lipinski definition) is 1. The predicted octanol–water partition coefficient (Wildman–Crippen LogP) is 0.497. The van der Waals surface area contributed by atoms with Crippen LogP contribution in [0.5, 0.6) is 0 Å². The van der Waals surface area contributed by atoms with E-state index >= 15 is 0 Å². The molecule has 0 unspecified atom stereocenters. The van der Waals surface area contributed by atoms with E-state index in [0.29, 0.717) is 17.9 Å². The number of aryl methyl sites for hydroxylation is 1. The molecule has 2 aromatic rings. The lowest BCUT2D eigenvalue weighted by Crippen LogP contribution is -2.38. The standard InChI is InChI=1S/C15H18N8O/c1-9-10(2)19-20-15(12(9)6-16)22-5-3-4-11(7-22)23-8-18-14(21-23)13(17)24/h8,11H,3-5,7H2,1-2H3,(H2,17,24)/t11-/m1/s1. The Morgan fingerprint density at radius 1 is 1.42 bits per heavy atom. The van der Waals surface area contributed by atoms with Crippen LogP contribution in [0.25, 0.3) is 0 Å². The van der Waals surface area contributed by atoms with E-state index in [-0.39, 0.29) is 11.9 Å². The Bertz CT molecular complexity index is 821. The molecule has 2 N–H and O–H groups in total. The number of carbonyl (C=O) groups excluding carboxylic acids is 1. The summed E-state index contributed by atoms with van der Waals surface area (Å²) >= 11 is 0. The third-order valence-corrected chi connectivity index (χ3v) is 4.35. The molecule has 9 nitrogen and oxygen atoms in total. The van der Waals surface area contributed by atoms with Crippen LogP contribution in [0.3, 0.4) is 0 Å². The number of amides is 1. The zero-order chi connectivity index (χ0) is 17.3. The quantitative estimate of drug-likeness (QED) is 0.869. The normalized spacial score (nSPS) is 17.5. The molecule has 0 saturated carbocycles. The van der Waals surface area contributed by atoms with E-state index in [1.807, 2.05) is 18.7 Å². The van der Waals surface area contributed by atoms with Crippen LogP contribution in [0, 0.1) is 25.2 Å². The van der Waals surface area contributed by atoms with Crippen molar-refractivity contribution < 1.29 is 4.79 Å². The minimum atomic E-state index is -0.645. The molecule has 1 fully saturated rings. The van der Waals surface area contributed by atoms with E-state index in [2.05, 4.69) is 26.3 Å². The molecular weight excluding hydrogens is 308 g/mol. The van der Waals surface area contributed by atoms with Crippen molar-refractivity contribution in [2.45, 2.75) is 32.7 Å². The van der Waals surface area contributed by atoms with Gasteiger partial charge in [-0.3, -0.25) is 4.79 Å². The average molecular weight is 326 g/mol. The lowest BCUT2D eigenvalue weighted by atomic mass is 10.0. The van der Waals surface area contributed by atoms with Gasteiger partial charge in [-0.25, -0.2) is 9.67 Å². The first-order chi connectivity index (χ1) is 11.5. The molecule has 124 valence electrons. The van der Waals surface area contributed by atoms with Crippen molar-refractivity contribution in [3.63, 3.8) is 0 Å². The molecule has 3 heterocycles. The average Bonchev–Trinajstić information content (AvgIpc) is 3.07. The summed E-state index contributed by atoms with van der Waals surface area (Å²) in [6.07, 6.45) is 3.33. The third-order valence-electron chi connectivity index (χ3n) is 4.35. The maximum absolute atomic E-state index is 11.2. The fraction of sp³-hybridized carbons (Fsp3) is 0.467. The van der Waals surface area contributed by atoms with Crippen LogP contribution in [-0.2, 0) is 0 Å².